The maximum absolute atomic E-state index is 13.0. The van der Waals surface area contributed by atoms with Crippen molar-refractivity contribution in [3.8, 4) is 0 Å². The Hall–Kier alpha value is -4.26. The van der Waals surface area contributed by atoms with Gasteiger partial charge in [-0.2, -0.15) is 0 Å². The Morgan fingerprint density at radius 3 is 2.62 bits per heavy atom. The molecule has 5 nitrogen and oxygen atoms in total. The highest BCUT2D eigenvalue weighted by Gasteiger charge is 2.18. The van der Waals surface area contributed by atoms with Crippen LogP contribution in [0.15, 0.2) is 96.4 Å². The van der Waals surface area contributed by atoms with Crippen molar-refractivity contribution < 1.29 is 14.7 Å². The largest absolute Gasteiger partial charge is 0.478 e. The molecule has 0 fully saturated rings. The molecule has 7 heteroatoms. The smallest absolute Gasteiger partial charge is 0.335 e. The van der Waals surface area contributed by atoms with Crippen molar-refractivity contribution in [3.05, 3.63) is 134 Å². The number of nitrogens with one attached hydrogen (secondary N) is 1. The minimum Gasteiger partial charge on any atom is -0.478 e. The van der Waals surface area contributed by atoms with Crippen molar-refractivity contribution in [1.82, 2.24) is 10.3 Å². The molecule has 5 rings (SSSR count). The van der Waals surface area contributed by atoms with Crippen LogP contribution in [-0.4, -0.2) is 22.0 Å². The summed E-state index contributed by atoms with van der Waals surface area (Å²) in [6.07, 6.45) is 4.98. The summed E-state index contributed by atoms with van der Waals surface area (Å²) in [4.78, 5) is 30.0. The zero-order chi connectivity index (χ0) is 27.2. The number of nitrogens with zero attached hydrogens (tertiary/aromatic N) is 1. The molecule has 2 N–H and O–H groups in total. The number of aromatic carboxylic acids is 1. The highest BCUT2D eigenvalue weighted by Crippen LogP contribution is 2.25. The van der Waals surface area contributed by atoms with Crippen LogP contribution in [0.3, 0.4) is 0 Å². The van der Waals surface area contributed by atoms with E-state index in [1.807, 2.05) is 90.3 Å². The molecular formula is C32H25ClN2O3S. The second-order valence-electron chi connectivity index (χ2n) is 9.08. The summed E-state index contributed by atoms with van der Waals surface area (Å²) in [5.41, 5.74) is 4.55. The molecule has 0 aliphatic heterocycles. The molecular weight excluding hydrogens is 528 g/mol. The van der Waals surface area contributed by atoms with Crippen LogP contribution in [0.5, 0.6) is 0 Å². The Balaban J connectivity index is 1.40. The fraction of sp³-hybridized carbons (Fsp3) is 0.0938. The molecule has 0 aliphatic rings. The summed E-state index contributed by atoms with van der Waals surface area (Å²) in [6.45, 7) is 0. The van der Waals surface area contributed by atoms with Gasteiger partial charge in [0.25, 0.3) is 5.91 Å². The van der Waals surface area contributed by atoms with Gasteiger partial charge in [0.1, 0.15) is 0 Å². The minimum atomic E-state index is -0.957. The molecule has 1 atom stereocenters. The van der Waals surface area contributed by atoms with Gasteiger partial charge in [-0.25, -0.2) is 9.78 Å². The lowest BCUT2D eigenvalue weighted by Crippen LogP contribution is -2.28. The zero-order valence-corrected chi connectivity index (χ0v) is 22.5. The van der Waals surface area contributed by atoms with Gasteiger partial charge in [0.05, 0.1) is 27.7 Å². The van der Waals surface area contributed by atoms with Gasteiger partial charge in [-0.05, 0) is 77.4 Å². The summed E-state index contributed by atoms with van der Waals surface area (Å²) in [6, 6.07) is 27.9. The third-order valence-corrected chi connectivity index (χ3v) is 7.54. The third-order valence-electron chi connectivity index (χ3n) is 6.44. The Morgan fingerprint density at radius 1 is 0.949 bits per heavy atom. The number of hydrogen-bond acceptors (Lipinski definition) is 4. The van der Waals surface area contributed by atoms with Gasteiger partial charge in [0.15, 0.2) is 0 Å². The molecule has 0 saturated carbocycles. The topological polar surface area (TPSA) is 79.3 Å². The van der Waals surface area contributed by atoms with Crippen LogP contribution in [-0.2, 0) is 6.42 Å². The van der Waals surface area contributed by atoms with Crippen molar-refractivity contribution in [2.45, 2.75) is 18.9 Å². The molecule has 0 bridgehead atoms. The van der Waals surface area contributed by atoms with Gasteiger partial charge < -0.3 is 10.4 Å². The number of pyridine rings is 1. The molecule has 1 amide bonds. The normalized spacial score (nSPS) is 12.0. The van der Waals surface area contributed by atoms with Gasteiger partial charge in [0, 0.05) is 10.4 Å². The fourth-order valence-corrected chi connectivity index (χ4v) is 5.26. The highest BCUT2D eigenvalue weighted by atomic mass is 35.5. The lowest BCUT2D eigenvalue weighted by molar-refractivity contribution is 0.0695. The number of rotatable bonds is 9. The first-order valence-corrected chi connectivity index (χ1v) is 13.7. The first kappa shape index (κ1) is 26.4. The van der Waals surface area contributed by atoms with E-state index in [9.17, 15) is 14.7 Å². The van der Waals surface area contributed by atoms with Gasteiger partial charge in [0.2, 0.25) is 0 Å². The van der Waals surface area contributed by atoms with Crippen molar-refractivity contribution in [2.24, 2.45) is 0 Å². The maximum atomic E-state index is 13.0. The lowest BCUT2D eigenvalue weighted by atomic mass is 9.95. The number of aryl methyl sites for hydroxylation is 1. The van der Waals surface area contributed by atoms with Crippen LogP contribution in [0.4, 0.5) is 0 Å². The summed E-state index contributed by atoms with van der Waals surface area (Å²) in [5, 5.41) is 16.3. The second kappa shape index (κ2) is 12.1. The molecule has 0 saturated heterocycles. The molecule has 0 spiro atoms. The van der Waals surface area contributed by atoms with Crippen LogP contribution in [0, 0.1) is 0 Å². The highest BCUT2D eigenvalue weighted by molar-refractivity contribution is 7.12. The SMILES string of the molecule is O=C(N[C@@H](CCc1ccccc1C(=O)O)c1cccc(/C=C/c2ccc3ccc(Cl)cc3n2)c1)c1cccs1. The minimum absolute atomic E-state index is 0.151. The van der Waals surface area contributed by atoms with Crippen molar-refractivity contribution in [3.63, 3.8) is 0 Å². The quantitative estimate of drug-likeness (QED) is 0.195. The lowest BCUT2D eigenvalue weighted by Gasteiger charge is -2.20. The average Bonchev–Trinajstić information content (AvgIpc) is 3.49. The van der Waals surface area contributed by atoms with Crippen LogP contribution in [0.2, 0.25) is 5.02 Å². The molecule has 194 valence electrons. The van der Waals surface area contributed by atoms with E-state index in [4.69, 9.17) is 11.6 Å². The van der Waals surface area contributed by atoms with E-state index < -0.39 is 5.97 Å². The molecule has 2 aromatic heterocycles. The molecule has 0 radical (unpaired) electrons. The van der Waals surface area contributed by atoms with Crippen LogP contribution in [0.1, 0.15) is 54.9 Å². The number of aromatic nitrogens is 1. The predicted molar refractivity (Wildman–Crippen MR) is 158 cm³/mol. The standard InChI is InChI=1S/C32H25ClN2O3S/c33-25-14-11-23-12-16-26(34-29(23)20-25)15-10-21-5-3-7-24(19-21)28(35-31(36)30-9-4-18-39-30)17-13-22-6-1-2-8-27(22)32(37)38/h1-12,14-16,18-20,28H,13,17H2,(H,35,36)(H,37,38)/b15-10+/t28-/m0/s1. The average molecular weight is 553 g/mol. The van der Waals surface area contributed by atoms with E-state index in [-0.39, 0.29) is 17.5 Å². The molecule has 2 heterocycles. The number of thiophene rings is 1. The van der Waals surface area contributed by atoms with Crippen LogP contribution in [0.25, 0.3) is 23.1 Å². The molecule has 5 aromatic rings. The van der Waals surface area contributed by atoms with E-state index in [1.54, 1.807) is 18.2 Å². The number of carboxylic acid groups (broad SMARTS) is 1. The molecule has 39 heavy (non-hydrogen) atoms. The number of hydrogen-bond donors (Lipinski definition) is 2. The van der Waals surface area contributed by atoms with Crippen LogP contribution >= 0.6 is 22.9 Å². The van der Waals surface area contributed by atoms with Crippen molar-refractivity contribution >= 4 is 57.9 Å². The first-order chi connectivity index (χ1) is 19.0. The zero-order valence-electron chi connectivity index (χ0n) is 20.9. The number of amides is 1. The Bertz CT molecular complexity index is 1660. The first-order valence-electron chi connectivity index (χ1n) is 12.5. The van der Waals surface area contributed by atoms with Crippen molar-refractivity contribution in [2.75, 3.05) is 0 Å². The predicted octanol–water partition coefficient (Wildman–Crippen LogP) is 7.92. The molecule has 0 aliphatic carbocycles. The molecule has 3 aromatic carbocycles. The summed E-state index contributed by atoms with van der Waals surface area (Å²) < 4.78 is 0. The van der Waals surface area contributed by atoms with E-state index >= 15 is 0 Å². The van der Waals surface area contributed by atoms with Crippen molar-refractivity contribution in [1.29, 1.82) is 0 Å². The summed E-state index contributed by atoms with van der Waals surface area (Å²) >= 11 is 7.52. The monoisotopic (exact) mass is 552 g/mol. The number of carbonyl (C=O) groups excluding carboxylic acids is 1. The Kier molecular flexibility index (Phi) is 8.16. The van der Waals surface area contributed by atoms with E-state index in [0.29, 0.717) is 22.7 Å². The number of benzene rings is 3. The summed E-state index contributed by atoms with van der Waals surface area (Å²) in [7, 11) is 0. The van der Waals surface area contributed by atoms with E-state index in [0.717, 1.165) is 33.3 Å². The number of carbonyl (C=O) groups is 2. The Labute approximate surface area is 235 Å². The maximum Gasteiger partial charge on any atom is 0.335 e. The number of halogens is 1. The molecule has 0 unspecified atom stereocenters. The Morgan fingerprint density at radius 2 is 1.79 bits per heavy atom. The number of carboxylic acids is 1. The van der Waals surface area contributed by atoms with Gasteiger partial charge in [-0.3, -0.25) is 4.79 Å². The number of fused-ring (bicyclic) bond motifs is 1. The van der Waals surface area contributed by atoms with E-state index in [1.165, 1.54) is 11.3 Å². The van der Waals surface area contributed by atoms with Crippen LogP contribution < -0.4 is 5.32 Å². The van der Waals surface area contributed by atoms with Gasteiger partial charge in [-0.1, -0.05) is 72.3 Å². The summed E-state index contributed by atoms with van der Waals surface area (Å²) in [5.74, 6) is -1.11. The third kappa shape index (κ3) is 6.60. The van der Waals surface area contributed by atoms with Gasteiger partial charge >= 0.3 is 5.97 Å². The fourth-order valence-electron chi connectivity index (χ4n) is 4.47. The van der Waals surface area contributed by atoms with Gasteiger partial charge in [-0.15, -0.1) is 11.3 Å². The van der Waals surface area contributed by atoms with E-state index in [2.05, 4.69) is 10.3 Å². The second-order valence-corrected chi connectivity index (χ2v) is 10.5.